The van der Waals surface area contributed by atoms with E-state index in [0.717, 1.165) is 5.56 Å². The maximum absolute atomic E-state index is 12.9. The van der Waals surface area contributed by atoms with Crippen LogP contribution in [0.1, 0.15) is 22.8 Å². The van der Waals surface area contributed by atoms with E-state index in [-0.39, 0.29) is 17.4 Å². The minimum absolute atomic E-state index is 0.00955. The van der Waals surface area contributed by atoms with Crippen molar-refractivity contribution in [2.24, 2.45) is 5.73 Å². The molecule has 21 heavy (non-hydrogen) atoms. The predicted octanol–water partition coefficient (Wildman–Crippen LogP) is 1.94. The van der Waals surface area contributed by atoms with Crippen LogP contribution in [0.3, 0.4) is 0 Å². The lowest BCUT2D eigenvalue weighted by Gasteiger charge is -2.16. The number of rotatable bonds is 5. The van der Waals surface area contributed by atoms with Gasteiger partial charge < -0.3 is 16.8 Å². The van der Waals surface area contributed by atoms with Gasteiger partial charge in [-0.2, -0.15) is 0 Å². The van der Waals surface area contributed by atoms with Gasteiger partial charge in [0.2, 0.25) is 0 Å². The highest BCUT2D eigenvalue weighted by molar-refractivity contribution is 5.98. The second kappa shape index (κ2) is 6.21. The average molecular weight is 288 g/mol. The Hall–Kier alpha value is -2.63. The molecule has 6 heteroatoms. The van der Waals surface area contributed by atoms with Crippen LogP contribution < -0.4 is 16.8 Å². The number of nitrogen functional groups attached to an aromatic ring is 1. The molecule has 0 fully saturated rings. The van der Waals surface area contributed by atoms with Gasteiger partial charge in [-0.25, -0.2) is 9.37 Å². The molecule has 0 radical (unpaired) electrons. The van der Waals surface area contributed by atoms with Crippen LogP contribution in [-0.4, -0.2) is 16.9 Å². The fraction of sp³-hybridized carbons (Fsp3) is 0.200. The van der Waals surface area contributed by atoms with Crippen LogP contribution in [-0.2, 0) is 6.42 Å². The second-order valence-corrected chi connectivity index (χ2v) is 4.91. The molecule has 1 unspecified atom stereocenters. The van der Waals surface area contributed by atoms with Crippen molar-refractivity contribution in [3.05, 3.63) is 53.5 Å². The number of carbonyl (C=O) groups is 1. The van der Waals surface area contributed by atoms with E-state index in [1.54, 1.807) is 12.1 Å². The van der Waals surface area contributed by atoms with Crippen LogP contribution in [0.2, 0.25) is 0 Å². The lowest BCUT2D eigenvalue weighted by molar-refractivity contribution is 0.100. The first-order valence-electron chi connectivity index (χ1n) is 6.52. The molecule has 2 aromatic rings. The van der Waals surface area contributed by atoms with Gasteiger partial charge >= 0.3 is 0 Å². The SMILES string of the molecule is CC(Cc1ccc(F)cc1)Nc1ncc(N)cc1C(N)=O. The smallest absolute Gasteiger partial charge is 0.252 e. The quantitative estimate of drug-likeness (QED) is 0.783. The third kappa shape index (κ3) is 3.92. The summed E-state index contributed by atoms with van der Waals surface area (Å²) in [4.78, 5) is 15.5. The van der Waals surface area contributed by atoms with Gasteiger partial charge in [-0.3, -0.25) is 4.79 Å². The average Bonchev–Trinajstić information content (AvgIpc) is 2.43. The minimum Gasteiger partial charge on any atom is -0.397 e. The summed E-state index contributed by atoms with van der Waals surface area (Å²) >= 11 is 0. The van der Waals surface area contributed by atoms with E-state index in [1.807, 2.05) is 6.92 Å². The lowest BCUT2D eigenvalue weighted by Crippen LogP contribution is -2.23. The Kier molecular flexibility index (Phi) is 4.37. The fourth-order valence-corrected chi connectivity index (χ4v) is 2.04. The van der Waals surface area contributed by atoms with Gasteiger partial charge in [0.25, 0.3) is 5.91 Å². The van der Waals surface area contributed by atoms with E-state index in [0.29, 0.717) is 17.9 Å². The van der Waals surface area contributed by atoms with Crippen LogP contribution in [0.4, 0.5) is 15.9 Å². The number of halogens is 1. The molecule has 1 heterocycles. The summed E-state index contributed by atoms with van der Waals surface area (Å²) in [5.74, 6) is -0.465. The van der Waals surface area contributed by atoms with Gasteiger partial charge in [0.1, 0.15) is 11.6 Å². The Labute approximate surface area is 122 Å². The van der Waals surface area contributed by atoms with E-state index in [2.05, 4.69) is 10.3 Å². The second-order valence-electron chi connectivity index (χ2n) is 4.91. The summed E-state index contributed by atoms with van der Waals surface area (Å²) in [6.45, 7) is 1.94. The number of anilines is 2. The van der Waals surface area contributed by atoms with Gasteiger partial charge in [-0.15, -0.1) is 0 Å². The first kappa shape index (κ1) is 14.8. The molecule has 0 saturated carbocycles. The number of aromatic nitrogens is 1. The van der Waals surface area contributed by atoms with Gasteiger partial charge in [0, 0.05) is 6.04 Å². The molecular weight excluding hydrogens is 271 g/mol. The highest BCUT2D eigenvalue weighted by atomic mass is 19.1. The zero-order valence-electron chi connectivity index (χ0n) is 11.6. The molecule has 0 aliphatic carbocycles. The number of amides is 1. The predicted molar refractivity (Wildman–Crippen MR) is 80.4 cm³/mol. The number of carbonyl (C=O) groups excluding carboxylic acids is 1. The van der Waals surface area contributed by atoms with Crippen molar-refractivity contribution in [2.75, 3.05) is 11.1 Å². The molecule has 2 rings (SSSR count). The highest BCUT2D eigenvalue weighted by Gasteiger charge is 2.13. The van der Waals surface area contributed by atoms with Crippen LogP contribution in [0.5, 0.6) is 0 Å². The van der Waals surface area contributed by atoms with Crippen molar-refractivity contribution < 1.29 is 9.18 Å². The first-order chi connectivity index (χ1) is 9.95. The van der Waals surface area contributed by atoms with Gasteiger partial charge in [-0.05, 0) is 37.1 Å². The van der Waals surface area contributed by atoms with Crippen molar-refractivity contribution >= 4 is 17.4 Å². The fourth-order valence-electron chi connectivity index (χ4n) is 2.04. The van der Waals surface area contributed by atoms with Crippen LogP contribution in [0, 0.1) is 5.82 Å². The van der Waals surface area contributed by atoms with Gasteiger partial charge in [-0.1, -0.05) is 12.1 Å². The molecular formula is C15H17FN4O. The van der Waals surface area contributed by atoms with E-state index >= 15 is 0 Å². The van der Waals surface area contributed by atoms with Gasteiger partial charge in [0.15, 0.2) is 0 Å². The van der Waals surface area contributed by atoms with Crippen LogP contribution >= 0.6 is 0 Å². The summed E-state index contributed by atoms with van der Waals surface area (Å²) in [5.41, 5.74) is 12.5. The summed E-state index contributed by atoms with van der Waals surface area (Å²) in [5, 5.41) is 3.12. The molecule has 110 valence electrons. The monoisotopic (exact) mass is 288 g/mol. The number of nitrogens with zero attached hydrogens (tertiary/aromatic N) is 1. The summed E-state index contributed by atoms with van der Waals surface area (Å²) in [7, 11) is 0. The molecule has 0 bridgehead atoms. The highest BCUT2D eigenvalue weighted by Crippen LogP contribution is 2.17. The zero-order chi connectivity index (χ0) is 15.4. The molecule has 5 N–H and O–H groups in total. The number of hydrogen-bond donors (Lipinski definition) is 3. The Bertz CT molecular complexity index is 643. The molecule has 1 atom stereocenters. The summed E-state index contributed by atoms with van der Waals surface area (Å²) < 4.78 is 12.9. The number of hydrogen-bond acceptors (Lipinski definition) is 4. The first-order valence-corrected chi connectivity index (χ1v) is 6.52. The summed E-state index contributed by atoms with van der Waals surface area (Å²) in [6, 6.07) is 7.75. The lowest BCUT2D eigenvalue weighted by atomic mass is 10.1. The number of pyridine rings is 1. The van der Waals surface area contributed by atoms with Crippen molar-refractivity contribution in [2.45, 2.75) is 19.4 Å². The minimum atomic E-state index is -0.591. The van der Waals surface area contributed by atoms with Crippen molar-refractivity contribution in [3.63, 3.8) is 0 Å². The number of nitrogens with two attached hydrogens (primary N) is 2. The molecule has 0 aliphatic rings. The molecule has 0 spiro atoms. The molecule has 5 nitrogen and oxygen atoms in total. The molecule has 0 aliphatic heterocycles. The van der Waals surface area contributed by atoms with Gasteiger partial charge in [0.05, 0.1) is 17.4 Å². The number of primary amides is 1. The number of benzene rings is 1. The maximum atomic E-state index is 12.9. The molecule has 1 amide bonds. The van der Waals surface area contributed by atoms with E-state index < -0.39 is 5.91 Å². The zero-order valence-corrected chi connectivity index (χ0v) is 11.6. The Morgan fingerprint density at radius 2 is 2.05 bits per heavy atom. The third-order valence-electron chi connectivity index (χ3n) is 3.01. The molecule has 1 aromatic heterocycles. The summed E-state index contributed by atoms with van der Waals surface area (Å²) in [6.07, 6.45) is 2.12. The Balaban J connectivity index is 2.10. The van der Waals surface area contributed by atoms with Crippen LogP contribution in [0.15, 0.2) is 36.5 Å². The normalized spacial score (nSPS) is 11.9. The largest absolute Gasteiger partial charge is 0.397 e. The topological polar surface area (TPSA) is 94.0 Å². The molecule has 0 saturated heterocycles. The maximum Gasteiger partial charge on any atom is 0.252 e. The van der Waals surface area contributed by atoms with E-state index in [4.69, 9.17) is 11.5 Å². The van der Waals surface area contributed by atoms with Crippen LogP contribution in [0.25, 0.3) is 0 Å². The van der Waals surface area contributed by atoms with E-state index in [9.17, 15) is 9.18 Å². The van der Waals surface area contributed by atoms with Crippen molar-refractivity contribution in [1.82, 2.24) is 4.98 Å². The van der Waals surface area contributed by atoms with E-state index in [1.165, 1.54) is 24.4 Å². The Morgan fingerprint density at radius 1 is 1.38 bits per heavy atom. The van der Waals surface area contributed by atoms with Crippen molar-refractivity contribution in [1.29, 1.82) is 0 Å². The standard InChI is InChI=1S/C15H17FN4O/c1-9(6-10-2-4-11(16)5-3-10)20-15-13(14(18)21)7-12(17)8-19-15/h2-5,7-9H,6,17H2,1H3,(H2,18,21)(H,19,20). The third-order valence-corrected chi connectivity index (χ3v) is 3.01. The molecule has 1 aromatic carbocycles. The number of nitrogens with one attached hydrogen (secondary N) is 1. The van der Waals surface area contributed by atoms with Crippen molar-refractivity contribution in [3.8, 4) is 0 Å². The Morgan fingerprint density at radius 3 is 2.67 bits per heavy atom.